The highest BCUT2D eigenvalue weighted by molar-refractivity contribution is 5.92. The fourth-order valence-electron chi connectivity index (χ4n) is 2.92. The second-order valence-corrected chi connectivity index (χ2v) is 6.13. The summed E-state index contributed by atoms with van der Waals surface area (Å²) in [6, 6.07) is 9.33. The molecule has 0 radical (unpaired) electrons. The molecule has 29 heavy (non-hydrogen) atoms. The Bertz CT molecular complexity index is 971. The van der Waals surface area contributed by atoms with Crippen LogP contribution in [0.5, 0.6) is 0 Å². The van der Waals surface area contributed by atoms with Crippen molar-refractivity contribution in [2.24, 2.45) is 0 Å². The number of hydrogen-bond donors (Lipinski definition) is 1. The van der Waals surface area contributed by atoms with Gasteiger partial charge in [-0.15, -0.1) is 0 Å². The van der Waals surface area contributed by atoms with E-state index in [0.717, 1.165) is 5.39 Å². The van der Waals surface area contributed by atoms with Gasteiger partial charge in [0.15, 0.2) is 0 Å². The van der Waals surface area contributed by atoms with Crippen molar-refractivity contribution in [1.29, 1.82) is 0 Å². The van der Waals surface area contributed by atoms with E-state index in [4.69, 9.17) is 9.47 Å². The number of nitrogens with zero attached hydrogens (tertiary/aromatic N) is 5. The largest absolute Gasteiger partial charge is 0.383 e. The van der Waals surface area contributed by atoms with Crippen molar-refractivity contribution in [3.05, 3.63) is 53.0 Å². The molecule has 3 rings (SSSR count). The van der Waals surface area contributed by atoms with Crippen molar-refractivity contribution in [1.82, 2.24) is 15.0 Å². The first-order valence-electron chi connectivity index (χ1n) is 8.98. The summed E-state index contributed by atoms with van der Waals surface area (Å²) in [4.78, 5) is 25.9. The highest BCUT2D eigenvalue weighted by atomic mass is 16.6. The molecule has 10 heteroatoms. The molecule has 0 saturated carbocycles. The summed E-state index contributed by atoms with van der Waals surface area (Å²) in [5.74, 6) is 0.299. The maximum Gasteiger partial charge on any atom is 0.353 e. The summed E-state index contributed by atoms with van der Waals surface area (Å²) in [7, 11) is 3.15. The maximum atomic E-state index is 11.9. The molecule has 1 aromatic carbocycles. The molecule has 2 aromatic heterocycles. The van der Waals surface area contributed by atoms with Crippen LogP contribution in [0, 0.1) is 10.1 Å². The molecule has 0 aliphatic rings. The molecule has 0 bridgehead atoms. The highest BCUT2D eigenvalue weighted by Crippen LogP contribution is 2.34. The van der Waals surface area contributed by atoms with E-state index in [2.05, 4.69) is 20.3 Å². The van der Waals surface area contributed by atoms with E-state index in [1.54, 1.807) is 31.4 Å². The topological polar surface area (TPSA) is 116 Å². The van der Waals surface area contributed by atoms with Gasteiger partial charge in [-0.2, -0.15) is 0 Å². The smallest absolute Gasteiger partial charge is 0.353 e. The number of para-hydroxylation sites is 1. The summed E-state index contributed by atoms with van der Waals surface area (Å²) < 4.78 is 10.3. The number of fused-ring (bicyclic) bond motifs is 1. The molecule has 0 saturated heterocycles. The summed E-state index contributed by atoms with van der Waals surface area (Å²) >= 11 is 0. The van der Waals surface area contributed by atoms with Crippen molar-refractivity contribution >= 4 is 33.9 Å². The lowest BCUT2D eigenvalue weighted by Gasteiger charge is -2.23. The van der Waals surface area contributed by atoms with Gasteiger partial charge >= 0.3 is 5.69 Å². The molecule has 0 unspecified atom stereocenters. The first kappa shape index (κ1) is 20.4. The number of nitro groups is 1. The highest BCUT2D eigenvalue weighted by Gasteiger charge is 2.27. The first-order chi connectivity index (χ1) is 14.2. The van der Waals surface area contributed by atoms with E-state index in [1.165, 1.54) is 6.33 Å². The standard InChI is InChI=1S/C19H22N6O4/c1-28-11-9-24(10-12-29-2)19-17(25(26)27)18(21-13-22-19)23-15-7-3-5-14-6-4-8-20-16(14)15/h3-8,13H,9-12H2,1-2H3,(H,21,22,23). The van der Waals surface area contributed by atoms with Gasteiger partial charge in [0, 0.05) is 38.9 Å². The minimum absolute atomic E-state index is 0.0954. The molecule has 0 atom stereocenters. The molecule has 0 fully saturated rings. The van der Waals surface area contributed by atoms with Crippen LogP contribution in [0.15, 0.2) is 42.9 Å². The van der Waals surface area contributed by atoms with E-state index < -0.39 is 4.92 Å². The average Bonchev–Trinajstić information content (AvgIpc) is 2.74. The number of aromatic nitrogens is 3. The van der Waals surface area contributed by atoms with Crippen LogP contribution < -0.4 is 10.2 Å². The summed E-state index contributed by atoms with van der Waals surface area (Å²) in [6.45, 7) is 1.63. The van der Waals surface area contributed by atoms with Crippen molar-refractivity contribution in [2.75, 3.05) is 50.7 Å². The third kappa shape index (κ3) is 4.73. The summed E-state index contributed by atoms with van der Waals surface area (Å²) in [5.41, 5.74) is 1.10. The van der Waals surface area contributed by atoms with Crippen LogP contribution in [-0.4, -0.2) is 60.4 Å². The Morgan fingerprint density at radius 3 is 2.48 bits per heavy atom. The van der Waals surface area contributed by atoms with Gasteiger partial charge in [0.05, 0.1) is 29.3 Å². The fraction of sp³-hybridized carbons (Fsp3) is 0.316. The SMILES string of the molecule is COCCN(CCOC)c1ncnc(Nc2cccc3cccnc23)c1[N+](=O)[O-]. The Balaban J connectivity index is 2.03. The predicted octanol–water partition coefficient (Wildman–Crippen LogP) is 2.78. The zero-order chi connectivity index (χ0) is 20.6. The molecule has 10 nitrogen and oxygen atoms in total. The Hall–Kier alpha value is -3.37. The number of benzene rings is 1. The fourth-order valence-corrected chi connectivity index (χ4v) is 2.92. The summed E-state index contributed by atoms with van der Waals surface area (Å²) in [6.07, 6.45) is 2.97. The quantitative estimate of drug-likeness (QED) is 0.406. The molecular formula is C19H22N6O4. The van der Waals surface area contributed by atoms with E-state index >= 15 is 0 Å². The lowest BCUT2D eigenvalue weighted by Crippen LogP contribution is -2.32. The molecule has 2 heterocycles. The predicted molar refractivity (Wildman–Crippen MR) is 110 cm³/mol. The maximum absolute atomic E-state index is 11.9. The van der Waals surface area contributed by atoms with E-state index in [-0.39, 0.29) is 17.3 Å². The van der Waals surface area contributed by atoms with Gasteiger partial charge in [-0.05, 0) is 12.1 Å². The number of rotatable bonds is 10. The molecule has 3 aromatic rings. The van der Waals surface area contributed by atoms with Gasteiger partial charge in [0.2, 0.25) is 11.6 Å². The lowest BCUT2D eigenvalue weighted by molar-refractivity contribution is -0.383. The normalized spacial score (nSPS) is 10.8. The van der Waals surface area contributed by atoms with Gasteiger partial charge in [-0.1, -0.05) is 18.2 Å². The van der Waals surface area contributed by atoms with E-state index in [1.807, 2.05) is 24.3 Å². The van der Waals surface area contributed by atoms with Crippen LogP contribution in [0.25, 0.3) is 10.9 Å². The first-order valence-corrected chi connectivity index (χ1v) is 8.98. The van der Waals surface area contributed by atoms with Crippen LogP contribution in [0.4, 0.5) is 23.0 Å². The molecule has 0 spiro atoms. The van der Waals surface area contributed by atoms with Gasteiger partial charge < -0.3 is 19.7 Å². The molecule has 0 amide bonds. The monoisotopic (exact) mass is 398 g/mol. The zero-order valence-electron chi connectivity index (χ0n) is 16.2. The second-order valence-electron chi connectivity index (χ2n) is 6.13. The van der Waals surface area contributed by atoms with Crippen LogP contribution in [-0.2, 0) is 9.47 Å². The van der Waals surface area contributed by atoms with Gasteiger partial charge in [-0.25, -0.2) is 9.97 Å². The Labute approximate surface area is 167 Å². The van der Waals surface area contributed by atoms with Crippen LogP contribution in [0.3, 0.4) is 0 Å². The summed E-state index contributed by atoms with van der Waals surface area (Å²) in [5, 5.41) is 15.9. The number of pyridine rings is 1. The third-order valence-electron chi connectivity index (χ3n) is 4.30. The van der Waals surface area contributed by atoms with E-state index in [0.29, 0.717) is 37.5 Å². The Morgan fingerprint density at radius 1 is 1.07 bits per heavy atom. The lowest BCUT2D eigenvalue weighted by atomic mass is 10.2. The third-order valence-corrected chi connectivity index (χ3v) is 4.30. The van der Waals surface area contributed by atoms with Crippen LogP contribution in [0.1, 0.15) is 0 Å². The minimum Gasteiger partial charge on any atom is -0.383 e. The van der Waals surface area contributed by atoms with Crippen LogP contribution >= 0.6 is 0 Å². The second kappa shape index (κ2) is 9.71. The Kier molecular flexibility index (Phi) is 6.82. The van der Waals surface area contributed by atoms with Crippen molar-refractivity contribution in [3.8, 4) is 0 Å². The number of anilines is 3. The molecule has 1 N–H and O–H groups in total. The molecule has 0 aliphatic carbocycles. The van der Waals surface area contributed by atoms with Gasteiger partial charge in [-0.3, -0.25) is 15.1 Å². The number of methoxy groups -OCH3 is 2. The number of ether oxygens (including phenoxy) is 2. The average molecular weight is 398 g/mol. The molecule has 152 valence electrons. The Morgan fingerprint density at radius 2 is 1.79 bits per heavy atom. The minimum atomic E-state index is -0.483. The van der Waals surface area contributed by atoms with E-state index in [9.17, 15) is 10.1 Å². The van der Waals surface area contributed by atoms with Crippen LogP contribution in [0.2, 0.25) is 0 Å². The van der Waals surface area contributed by atoms with Crippen molar-refractivity contribution in [3.63, 3.8) is 0 Å². The molecule has 0 aliphatic heterocycles. The van der Waals surface area contributed by atoms with Gasteiger partial charge in [0.25, 0.3) is 0 Å². The van der Waals surface area contributed by atoms with Crippen molar-refractivity contribution < 1.29 is 14.4 Å². The van der Waals surface area contributed by atoms with Gasteiger partial charge in [0.1, 0.15) is 6.33 Å². The number of nitrogens with one attached hydrogen (secondary N) is 1. The molecular weight excluding hydrogens is 376 g/mol. The van der Waals surface area contributed by atoms with Crippen molar-refractivity contribution in [2.45, 2.75) is 0 Å². The zero-order valence-corrected chi connectivity index (χ0v) is 16.2. The number of hydrogen-bond acceptors (Lipinski definition) is 9.